The molecule has 1 rings (SSSR count). The summed E-state index contributed by atoms with van der Waals surface area (Å²) in [6, 6.07) is 3.54. The Balaban J connectivity index is 2.91. The van der Waals surface area contributed by atoms with Crippen LogP contribution in [0.25, 0.3) is 0 Å². The molecule has 0 atom stereocenters. The molecule has 0 aliphatic carbocycles. The van der Waals surface area contributed by atoms with Crippen LogP contribution in [0, 0.1) is 17.0 Å². The maximum absolute atomic E-state index is 10.8. The standard InChI is InChI=1S/C12H18N2O2/c1-3-4-5-6-10-7-9(2)12(13)11(8-10)14(15)16/h7-8H,3-6,13H2,1-2H3. The van der Waals surface area contributed by atoms with Gasteiger partial charge in [0.25, 0.3) is 5.69 Å². The molecule has 0 heterocycles. The number of rotatable bonds is 5. The van der Waals surface area contributed by atoms with Crippen molar-refractivity contribution in [1.82, 2.24) is 0 Å². The topological polar surface area (TPSA) is 69.2 Å². The maximum Gasteiger partial charge on any atom is 0.292 e. The van der Waals surface area contributed by atoms with E-state index in [1.165, 1.54) is 0 Å². The molecule has 4 heteroatoms. The first-order chi connectivity index (χ1) is 7.56. The molecule has 1 aromatic rings. The molecule has 0 bridgehead atoms. The molecule has 0 spiro atoms. The molecule has 0 amide bonds. The number of anilines is 1. The Morgan fingerprint density at radius 1 is 1.38 bits per heavy atom. The van der Waals surface area contributed by atoms with Gasteiger partial charge in [-0.2, -0.15) is 0 Å². The van der Waals surface area contributed by atoms with Crippen molar-refractivity contribution >= 4 is 11.4 Å². The van der Waals surface area contributed by atoms with E-state index in [0.29, 0.717) is 0 Å². The fraction of sp³-hybridized carbons (Fsp3) is 0.500. The number of hydrogen-bond acceptors (Lipinski definition) is 3. The molecule has 0 saturated carbocycles. The van der Waals surface area contributed by atoms with Crippen LogP contribution in [0.3, 0.4) is 0 Å². The molecule has 0 radical (unpaired) electrons. The third-order valence-corrected chi connectivity index (χ3v) is 2.69. The van der Waals surface area contributed by atoms with Crippen LogP contribution in [0.4, 0.5) is 11.4 Å². The molecule has 0 aliphatic heterocycles. The maximum atomic E-state index is 10.8. The van der Waals surface area contributed by atoms with Crippen molar-refractivity contribution in [3.63, 3.8) is 0 Å². The average molecular weight is 222 g/mol. The molecular weight excluding hydrogens is 204 g/mol. The van der Waals surface area contributed by atoms with E-state index in [4.69, 9.17) is 5.73 Å². The second kappa shape index (κ2) is 5.49. The number of aryl methyl sites for hydroxylation is 2. The number of hydrogen-bond donors (Lipinski definition) is 1. The fourth-order valence-corrected chi connectivity index (χ4v) is 1.73. The molecule has 4 nitrogen and oxygen atoms in total. The molecule has 0 saturated heterocycles. The van der Waals surface area contributed by atoms with Crippen molar-refractivity contribution in [3.8, 4) is 0 Å². The Morgan fingerprint density at radius 2 is 2.06 bits per heavy atom. The van der Waals surface area contributed by atoms with Crippen LogP contribution in [0.15, 0.2) is 12.1 Å². The highest BCUT2D eigenvalue weighted by atomic mass is 16.6. The third-order valence-electron chi connectivity index (χ3n) is 2.69. The molecule has 0 aromatic heterocycles. The van der Waals surface area contributed by atoms with E-state index in [2.05, 4.69) is 6.92 Å². The van der Waals surface area contributed by atoms with E-state index in [1.54, 1.807) is 6.07 Å². The monoisotopic (exact) mass is 222 g/mol. The Morgan fingerprint density at radius 3 is 2.62 bits per heavy atom. The number of benzene rings is 1. The smallest absolute Gasteiger partial charge is 0.292 e. The summed E-state index contributed by atoms with van der Waals surface area (Å²) in [4.78, 5) is 10.4. The predicted octanol–water partition coefficient (Wildman–Crippen LogP) is 3.22. The van der Waals surface area contributed by atoms with Crippen LogP contribution < -0.4 is 5.73 Å². The van der Waals surface area contributed by atoms with Gasteiger partial charge in [0.15, 0.2) is 0 Å². The van der Waals surface area contributed by atoms with Gasteiger partial charge in [-0.1, -0.05) is 25.8 Å². The summed E-state index contributed by atoms with van der Waals surface area (Å²) >= 11 is 0. The number of unbranched alkanes of at least 4 members (excludes halogenated alkanes) is 2. The second-order valence-corrected chi connectivity index (χ2v) is 4.06. The Hall–Kier alpha value is -1.58. The van der Waals surface area contributed by atoms with E-state index in [1.807, 2.05) is 13.0 Å². The van der Waals surface area contributed by atoms with E-state index in [9.17, 15) is 10.1 Å². The first-order valence-electron chi connectivity index (χ1n) is 5.59. The normalized spacial score (nSPS) is 10.4. The molecule has 1 aromatic carbocycles. The minimum Gasteiger partial charge on any atom is -0.393 e. The molecule has 0 unspecified atom stereocenters. The first-order valence-corrected chi connectivity index (χ1v) is 5.59. The number of nitro groups is 1. The number of nitrogens with zero attached hydrogens (tertiary/aromatic N) is 1. The average Bonchev–Trinajstić information content (AvgIpc) is 2.23. The molecule has 0 fully saturated rings. The lowest BCUT2D eigenvalue weighted by atomic mass is 10.0. The lowest BCUT2D eigenvalue weighted by Crippen LogP contribution is -2.00. The van der Waals surface area contributed by atoms with Crippen LogP contribution in [-0.2, 0) is 6.42 Å². The van der Waals surface area contributed by atoms with Crippen molar-refractivity contribution < 1.29 is 4.92 Å². The van der Waals surface area contributed by atoms with Crippen molar-refractivity contribution in [2.75, 3.05) is 5.73 Å². The molecule has 0 aliphatic rings. The summed E-state index contributed by atoms with van der Waals surface area (Å²) in [5.41, 5.74) is 7.78. The van der Waals surface area contributed by atoms with Gasteiger partial charge in [-0.25, -0.2) is 0 Å². The second-order valence-electron chi connectivity index (χ2n) is 4.06. The van der Waals surface area contributed by atoms with Crippen LogP contribution >= 0.6 is 0 Å². The number of nitrogen functional groups attached to an aromatic ring is 1. The summed E-state index contributed by atoms with van der Waals surface area (Å²) in [6.07, 6.45) is 4.25. The highest BCUT2D eigenvalue weighted by Crippen LogP contribution is 2.27. The van der Waals surface area contributed by atoms with Gasteiger partial charge in [-0.15, -0.1) is 0 Å². The van der Waals surface area contributed by atoms with Crippen LogP contribution in [0.1, 0.15) is 37.3 Å². The fourth-order valence-electron chi connectivity index (χ4n) is 1.73. The predicted molar refractivity (Wildman–Crippen MR) is 65.5 cm³/mol. The highest BCUT2D eigenvalue weighted by molar-refractivity contribution is 5.64. The minimum absolute atomic E-state index is 0.0338. The van der Waals surface area contributed by atoms with Gasteiger partial charge < -0.3 is 5.73 Å². The van der Waals surface area contributed by atoms with E-state index >= 15 is 0 Å². The van der Waals surface area contributed by atoms with Crippen LogP contribution in [0.2, 0.25) is 0 Å². The summed E-state index contributed by atoms with van der Waals surface area (Å²) in [5.74, 6) is 0. The molecular formula is C12H18N2O2. The molecule has 16 heavy (non-hydrogen) atoms. The Labute approximate surface area is 95.6 Å². The van der Waals surface area contributed by atoms with Crippen molar-refractivity contribution in [2.24, 2.45) is 0 Å². The van der Waals surface area contributed by atoms with Gasteiger partial charge in [0.05, 0.1) is 4.92 Å². The van der Waals surface area contributed by atoms with Gasteiger partial charge >= 0.3 is 0 Å². The third kappa shape index (κ3) is 2.95. The molecule has 2 N–H and O–H groups in total. The van der Waals surface area contributed by atoms with Crippen molar-refractivity contribution in [1.29, 1.82) is 0 Å². The summed E-state index contributed by atoms with van der Waals surface area (Å²) in [5, 5.41) is 10.8. The summed E-state index contributed by atoms with van der Waals surface area (Å²) in [7, 11) is 0. The van der Waals surface area contributed by atoms with Gasteiger partial charge in [-0.05, 0) is 30.9 Å². The SMILES string of the molecule is CCCCCc1cc(C)c(N)c([N+](=O)[O-])c1. The minimum atomic E-state index is -0.411. The molecule has 88 valence electrons. The zero-order valence-corrected chi connectivity index (χ0v) is 9.82. The largest absolute Gasteiger partial charge is 0.393 e. The lowest BCUT2D eigenvalue weighted by Gasteiger charge is -2.06. The Bertz CT molecular complexity index is 389. The van der Waals surface area contributed by atoms with Crippen LogP contribution in [0.5, 0.6) is 0 Å². The van der Waals surface area contributed by atoms with Crippen molar-refractivity contribution in [3.05, 3.63) is 33.4 Å². The zero-order chi connectivity index (χ0) is 12.1. The highest BCUT2D eigenvalue weighted by Gasteiger charge is 2.14. The number of nitro benzene ring substituents is 1. The van der Waals surface area contributed by atoms with Crippen molar-refractivity contribution in [2.45, 2.75) is 39.5 Å². The first kappa shape index (κ1) is 12.5. The van der Waals surface area contributed by atoms with Gasteiger partial charge in [0.1, 0.15) is 5.69 Å². The van der Waals surface area contributed by atoms with Crippen LogP contribution in [-0.4, -0.2) is 4.92 Å². The zero-order valence-electron chi connectivity index (χ0n) is 9.82. The van der Waals surface area contributed by atoms with Gasteiger partial charge in [0, 0.05) is 6.07 Å². The number of nitrogens with two attached hydrogens (primary N) is 1. The van der Waals surface area contributed by atoms with E-state index < -0.39 is 4.92 Å². The summed E-state index contributed by atoms with van der Waals surface area (Å²) < 4.78 is 0. The quantitative estimate of drug-likeness (QED) is 0.360. The van der Waals surface area contributed by atoms with E-state index in [-0.39, 0.29) is 11.4 Å². The van der Waals surface area contributed by atoms with Gasteiger partial charge in [-0.3, -0.25) is 10.1 Å². The lowest BCUT2D eigenvalue weighted by molar-refractivity contribution is -0.384. The Kier molecular flexibility index (Phi) is 4.28. The van der Waals surface area contributed by atoms with E-state index in [0.717, 1.165) is 36.8 Å². The van der Waals surface area contributed by atoms with Gasteiger partial charge in [0.2, 0.25) is 0 Å². The summed E-state index contributed by atoms with van der Waals surface area (Å²) in [6.45, 7) is 3.95.